The smallest absolute Gasteiger partial charge is 0 e. The largest absolute Gasteiger partial charge is 0 e. The molecule has 4 heavy (non-hydrogen) atoms. The predicted octanol–water partition coefficient (Wildman–Crippen LogP) is 0.737. The van der Waals surface area contributed by atoms with Crippen molar-refractivity contribution in [1.29, 1.82) is 0 Å². The van der Waals surface area contributed by atoms with Crippen LogP contribution in [0.4, 0.5) is 0 Å². The van der Waals surface area contributed by atoms with Gasteiger partial charge in [-0.05, 0) is 0 Å². The van der Waals surface area contributed by atoms with Crippen molar-refractivity contribution >= 4 is 9.90 Å². The van der Waals surface area contributed by atoms with Crippen LogP contribution in [0.2, 0.25) is 0 Å². The Labute approximate surface area is 51.6 Å². The Balaban J connectivity index is -0.00000000500. The molecule has 22 valence electrons. The molecular weight excluding hydrogens is 194 g/mol. The molecule has 0 bridgehead atoms. The maximum atomic E-state index is 8.26. The van der Waals surface area contributed by atoms with Crippen molar-refractivity contribution in [3.05, 3.63) is 0 Å². The normalized spacial score (nSPS) is 1.00. The van der Waals surface area contributed by atoms with E-state index >= 15 is 0 Å². The fraction of sp³-hybridized carbons (Fsp3) is 0. The number of hydrogen-bond acceptors (Lipinski definition) is 1. The summed E-state index contributed by atoms with van der Waals surface area (Å²) >= 11 is 0.700. The molecule has 0 fully saturated rings. The van der Waals surface area contributed by atoms with Gasteiger partial charge in [-0.1, -0.05) is 0 Å². The SMILES string of the molecule is [O]=[Mo].[P].[V]. The first-order chi connectivity index (χ1) is 1.00. The maximum Gasteiger partial charge on any atom is 0 e. The molecule has 0 spiro atoms. The van der Waals surface area contributed by atoms with Crippen LogP contribution in [0.5, 0.6) is 0 Å². The number of hydrogen-bond donors (Lipinski definition) is 0. The Kier molecular flexibility index (Phi) is 109. The first-order valence-corrected chi connectivity index (χ1v) is 0.986. The summed E-state index contributed by atoms with van der Waals surface area (Å²) in [7, 11) is 0. The maximum absolute atomic E-state index is 8.26. The van der Waals surface area contributed by atoms with Gasteiger partial charge in [-0.3, -0.25) is 0 Å². The zero-order valence-electron chi connectivity index (χ0n) is 1.71. The van der Waals surface area contributed by atoms with Crippen LogP contribution >= 0.6 is 9.90 Å². The van der Waals surface area contributed by atoms with Gasteiger partial charge in [0.05, 0.1) is 0 Å². The molecule has 0 aromatic heterocycles. The number of rotatable bonds is 0. The van der Waals surface area contributed by atoms with Crippen LogP contribution in [0.3, 0.4) is 0 Å². The fourth-order valence-corrected chi connectivity index (χ4v) is 0. The van der Waals surface area contributed by atoms with E-state index in [9.17, 15) is 0 Å². The van der Waals surface area contributed by atoms with Gasteiger partial charge < -0.3 is 0 Å². The molecule has 1 nitrogen and oxygen atoms in total. The standard InChI is InChI=1S/Mo.O.P.V. The molecule has 0 unspecified atom stereocenters. The van der Waals surface area contributed by atoms with E-state index in [4.69, 9.17) is 3.40 Å². The van der Waals surface area contributed by atoms with Crippen molar-refractivity contribution in [2.24, 2.45) is 0 Å². The summed E-state index contributed by atoms with van der Waals surface area (Å²) < 4.78 is 8.26. The first-order valence-electron chi connectivity index (χ1n) is 0.167. The van der Waals surface area contributed by atoms with Crippen LogP contribution in [0.25, 0.3) is 0 Å². The molecule has 0 aromatic rings. The third kappa shape index (κ3) is 9.72. The van der Waals surface area contributed by atoms with E-state index in [1.54, 1.807) is 0 Å². The summed E-state index contributed by atoms with van der Waals surface area (Å²) in [4.78, 5) is 0. The van der Waals surface area contributed by atoms with E-state index in [1.165, 1.54) is 0 Å². The summed E-state index contributed by atoms with van der Waals surface area (Å²) in [6.07, 6.45) is 0. The van der Waals surface area contributed by atoms with E-state index in [1.807, 2.05) is 0 Å². The van der Waals surface area contributed by atoms with Gasteiger partial charge in [-0.25, -0.2) is 0 Å². The Morgan fingerprint density at radius 1 is 1.25 bits per heavy atom. The van der Waals surface area contributed by atoms with E-state index in [-0.39, 0.29) is 28.5 Å². The minimum atomic E-state index is 0. The van der Waals surface area contributed by atoms with Gasteiger partial charge in [-0.15, -0.1) is 0 Å². The third-order valence-electron chi connectivity index (χ3n) is 0. The molecule has 0 aromatic carbocycles. The molecule has 0 aliphatic carbocycles. The van der Waals surface area contributed by atoms with Crippen molar-refractivity contribution in [1.82, 2.24) is 0 Å². The average molecular weight is 194 g/mol. The van der Waals surface area contributed by atoms with Crippen molar-refractivity contribution < 1.29 is 41.7 Å². The third-order valence-corrected chi connectivity index (χ3v) is 0. The molecule has 0 N–H and O–H groups in total. The van der Waals surface area contributed by atoms with Crippen molar-refractivity contribution in [3.8, 4) is 0 Å². The van der Waals surface area contributed by atoms with Crippen LogP contribution in [0.15, 0.2) is 0 Å². The fourth-order valence-electron chi connectivity index (χ4n) is 0. The summed E-state index contributed by atoms with van der Waals surface area (Å²) in [6, 6.07) is 0. The van der Waals surface area contributed by atoms with Gasteiger partial charge in [0.2, 0.25) is 0 Å². The Hall–Kier alpha value is 1.50. The zero-order valence-corrected chi connectivity index (χ0v) is 6.01. The summed E-state index contributed by atoms with van der Waals surface area (Å²) in [6.45, 7) is 0. The Bertz CT molecular complexity index is 8.00. The molecule has 0 heterocycles. The monoisotopic (exact) mass is 196 g/mol. The molecule has 0 aliphatic rings. The van der Waals surface area contributed by atoms with Crippen LogP contribution in [-0.2, 0) is 41.7 Å². The Morgan fingerprint density at radius 2 is 1.25 bits per heavy atom. The topological polar surface area (TPSA) is 17.1 Å². The second kappa shape index (κ2) is 24.5. The van der Waals surface area contributed by atoms with Gasteiger partial charge in [0.1, 0.15) is 0 Å². The van der Waals surface area contributed by atoms with Crippen LogP contribution < -0.4 is 0 Å². The molecule has 0 rings (SSSR count). The zero-order chi connectivity index (χ0) is 2.00. The molecule has 0 aliphatic heterocycles. The Morgan fingerprint density at radius 3 is 1.25 bits per heavy atom. The van der Waals surface area contributed by atoms with Gasteiger partial charge >= 0.3 is 23.2 Å². The summed E-state index contributed by atoms with van der Waals surface area (Å²) in [5.74, 6) is 0. The molecule has 0 atom stereocenters. The van der Waals surface area contributed by atoms with Gasteiger partial charge in [0.15, 0.2) is 0 Å². The molecule has 0 amide bonds. The van der Waals surface area contributed by atoms with Crippen LogP contribution in [0.1, 0.15) is 0 Å². The van der Waals surface area contributed by atoms with Crippen LogP contribution in [0, 0.1) is 0 Å². The molecule has 0 saturated heterocycles. The quantitative estimate of drug-likeness (QED) is 0.410. The molecule has 4 heteroatoms. The first kappa shape index (κ1) is 17.8. The van der Waals surface area contributed by atoms with E-state index in [2.05, 4.69) is 0 Å². The molecule has 0 saturated carbocycles. The molecule has 4 radical (unpaired) electrons. The second-order valence-electron chi connectivity index (χ2n) is 0. The minimum Gasteiger partial charge on any atom is 0 e. The predicted molar refractivity (Wildman–Crippen MR) is 7.61 cm³/mol. The molecular formula is MoOPV. The van der Waals surface area contributed by atoms with E-state index in [0.717, 1.165) is 0 Å². The average Bonchev–Trinajstić information content (AvgIpc) is 1.00. The summed E-state index contributed by atoms with van der Waals surface area (Å²) in [5, 5.41) is 0. The van der Waals surface area contributed by atoms with Gasteiger partial charge in [-0.2, -0.15) is 0 Å². The van der Waals surface area contributed by atoms with Crippen molar-refractivity contribution in [2.75, 3.05) is 0 Å². The van der Waals surface area contributed by atoms with E-state index < -0.39 is 0 Å². The van der Waals surface area contributed by atoms with E-state index in [0.29, 0.717) is 19.8 Å². The second-order valence-corrected chi connectivity index (χ2v) is 0. The minimum absolute atomic E-state index is 0. The van der Waals surface area contributed by atoms with Crippen LogP contribution in [-0.4, -0.2) is 0 Å². The van der Waals surface area contributed by atoms with Gasteiger partial charge in [0, 0.05) is 28.5 Å². The van der Waals surface area contributed by atoms with Crippen molar-refractivity contribution in [3.63, 3.8) is 0 Å². The van der Waals surface area contributed by atoms with Gasteiger partial charge in [0.25, 0.3) is 0 Å². The van der Waals surface area contributed by atoms with Crippen molar-refractivity contribution in [2.45, 2.75) is 0 Å². The summed E-state index contributed by atoms with van der Waals surface area (Å²) in [5.41, 5.74) is 0.